The van der Waals surface area contributed by atoms with Gasteiger partial charge in [0.2, 0.25) is 0 Å². The Morgan fingerprint density at radius 3 is 2.89 bits per heavy atom. The van der Waals surface area contributed by atoms with Gasteiger partial charge in [-0.25, -0.2) is 4.98 Å². The smallest absolute Gasteiger partial charge is 0.170 e. The number of hydrogen-bond donors (Lipinski definition) is 2. The van der Waals surface area contributed by atoms with Gasteiger partial charge < -0.3 is 10.6 Å². The Bertz CT molecular complexity index is 577. The van der Waals surface area contributed by atoms with Crippen LogP contribution in [0, 0.1) is 0 Å². The number of hydrogen-bond acceptors (Lipinski definition) is 3. The van der Waals surface area contributed by atoms with Gasteiger partial charge in [0, 0.05) is 11.7 Å². The topological polar surface area (TPSA) is 37.0 Å². The molecule has 3 nitrogen and oxygen atoms in total. The summed E-state index contributed by atoms with van der Waals surface area (Å²) >= 11 is 7.04. The van der Waals surface area contributed by atoms with E-state index in [4.69, 9.17) is 12.2 Å². The van der Waals surface area contributed by atoms with Crippen molar-refractivity contribution >= 4 is 44.6 Å². The number of anilines is 1. The number of fused-ring (bicyclic) bond motifs is 1. The number of thiocarbonyl (C=S) groups is 1. The van der Waals surface area contributed by atoms with Crippen molar-refractivity contribution in [2.24, 2.45) is 0 Å². The molecule has 0 radical (unpaired) electrons. The van der Waals surface area contributed by atoms with Gasteiger partial charge in [0.25, 0.3) is 0 Å². The SMILES string of the molecule is CCc1nc2ccc(NC(=S)N[C@H](C)CC)cc2s1. The number of nitrogens with one attached hydrogen (secondary N) is 2. The summed E-state index contributed by atoms with van der Waals surface area (Å²) in [7, 11) is 0. The van der Waals surface area contributed by atoms with E-state index in [1.54, 1.807) is 11.3 Å². The fourth-order valence-electron chi connectivity index (χ4n) is 1.69. The Morgan fingerprint density at radius 1 is 1.42 bits per heavy atom. The summed E-state index contributed by atoms with van der Waals surface area (Å²) < 4.78 is 1.20. The van der Waals surface area contributed by atoms with E-state index >= 15 is 0 Å². The molecule has 1 atom stereocenters. The molecule has 19 heavy (non-hydrogen) atoms. The van der Waals surface area contributed by atoms with Crippen LogP contribution in [0.3, 0.4) is 0 Å². The van der Waals surface area contributed by atoms with Crippen molar-refractivity contribution in [3.05, 3.63) is 23.2 Å². The predicted molar refractivity (Wildman–Crippen MR) is 88.1 cm³/mol. The van der Waals surface area contributed by atoms with Crippen LogP contribution in [0.15, 0.2) is 18.2 Å². The van der Waals surface area contributed by atoms with Crippen molar-refractivity contribution in [3.8, 4) is 0 Å². The Labute approximate surface area is 123 Å². The number of benzene rings is 1. The van der Waals surface area contributed by atoms with Gasteiger partial charge in [-0.1, -0.05) is 13.8 Å². The van der Waals surface area contributed by atoms with E-state index in [9.17, 15) is 0 Å². The number of thiazole rings is 1. The van der Waals surface area contributed by atoms with Crippen LogP contribution in [0.2, 0.25) is 0 Å². The predicted octanol–water partition coefficient (Wildman–Crippen LogP) is 3.94. The Balaban J connectivity index is 2.10. The molecule has 102 valence electrons. The summed E-state index contributed by atoms with van der Waals surface area (Å²) in [6.07, 6.45) is 2.03. The van der Waals surface area contributed by atoms with Gasteiger partial charge in [-0.15, -0.1) is 11.3 Å². The highest BCUT2D eigenvalue weighted by Gasteiger charge is 2.05. The summed E-state index contributed by atoms with van der Waals surface area (Å²) in [6, 6.07) is 6.56. The van der Waals surface area contributed by atoms with Crippen LogP contribution >= 0.6 is 23.6 Å². The quantitative estimate of drug-likeness (QED) is 0.837. The fraction of sp³-hybridized carbons (Fsp3) is 0.429. The molecule has 1 aromatic carbocycles. The summed E-state index contributed by atoms with van der Waals surface area (Å²) in [5, 5.41) is 8.32. The monoisotopic (exact) mass is 293 g/mol. The summed E-state index contributed by atoms with van der Waals surface area (Å²) in [4.78, 5) is 4.56. The van der Waals surface area contributed by atoms with E-state index in [0.29, 0.717) is 11.2 Å². The maximum Gasteiger partial charge on any atom is 0.170 e. The van der Waals surface area contributed by atoms with Crippen molar-refractivity contribution in [3.63, 3.8) is 0 Å². The standard InChI is InChI=1S/C14H19N3S2/c1-4-9(3)15-14(18)16-10-6-7-11-12(8-10)19-13(5-2)17-11/h6-9H,4-5H2,1-3H3,(H2,15,16,18)/t9-/m1/s1. The molecular weight excluding hydrogens is 274 g/mol. The fourth-order valence-corrected chi connectivity index (χ4v) is 2.96. The molecule has 0 aliphatic carbocycles. The van der Waals surface area contributed by atoms with Crippen LogP contribution in [-0.2, 0) is 6.42 Å². The average Bonchev–Trinajstić information content (AvgIpc) is 2.80. The van der Waals surface area contributed by atoms with E-state index < -0.39 is 0 Å². The second kappa shape index (κ2) is 6.30. The maximum atomic E-state index is 5.29. The van der Waals surface area contributed by atoms with Gasteiger partial charge in [0.1, 0.15) is 0 Å². The van der Waals surface area contributed by atoms with E-state index in [2.05, 4.69) is 42.5 Å². The Hall–Kier alpha value is -1.20. The van der Waals surface area contributed by atoms with Crippen LogP contribution in [0.25, 0.3) is 10.2 Å². The van der Waals surface area contributed by atoms with Gasteiger partial charge in [-0.2, -0.15) is 0 Å². The molecule has 2 aromatic rings. The highest BCUT2D eigenvalue weighted by molar-refractivity contribution is 7.80. The highest BCUT2D eigenvalue weighted by atomic mass is 32.1. The maximum absolute atomic E-state index is 5.29. The molecule has 0 aliphatic heterocycles. The highest BCUT2D eigenvalue weighted by Crippen LogP contribution is 2.25. The molecule has 0 saturated heterocycles. The molecule has 0 aliphatic rings. The molecule has 0 bridgehead atoms. The zero-order valence-electron chi connectivity index (χ0n) is 11.5. The number of nitrogens with zero attached hydrogens (tertiary/aromatic N) is 1. The minimum absolute atomic E-state index is 0.388. The van der Waals surface area contributed by atoms with Crippen molar-refractivity contribution in [2.45, 2.75) is 39.7 Å². The van der Waals surface area contributed by atoms with Crippen LogP contribution in [0.5, 0.6) is 0 Å². The van der Waals surface area contributed by atoms with Crippen molar-refractivity contribution in [1.29, 1.82) is 0 Å². The molecule has 0 saturated carbocycles. The molecule has 0 fully saturated rings. The third-order valence-electron chi connectivity index (χ3n) is 2.98. The average molecular weight is 293 g/mol. The van der Waals surface area contributed by atoms with Gasteiger partial charge in [-0.05, 0) is 50.2 Å². The summed E-state index contributed by atoms with van der Waals surface area (Å²) in [5.41, 5.74) is 2.08. The van der Waals surface area contributed by atoms with Gasteiger partial charge in [0.05, 0.1) is 15.2 Å². The minimum Gasteiger partial charge on any atom is -0.360 e. The van der Waals surface area contributed by atoms with Crippen molar-refractivity contribution < 1.29 is 0 Å². The zero-order chi connectivity index (χ0) is 13.8. The zero-order valence-corrected chi connectivity index (χ0v) is 13.1. The third-order valence-corrected chi connectivity index (χ3v) is 4.37. The van der Waals surface area contributed by atoms with Crippen LogP contribution in [0.1, 0.15) is 32.2 Å². The number of aromatic nitrogens is 1. The van der Waals surface area contributed by atoms with Gasteiger partial charge in [-0.3, -0.25) is 0 Å². The minimum atomic E-state index is 0.388. The Kier molecular flexibility index (Phi) is 4.71. The molecule has 2 rings (SSSR count). The van der Waals surface area contributed by atoms with E-state index in [1.165, 1.54) is 9.71 Å². The molecule has 1 aromatic heterocycles. The lowest BCUT2D eigenvalue weighted by molar-refractivity contribution is 0.646. The van der Waals surface area contributed by atoms with Gasteiger partial charge >= 0.3 is 0 Å². The van der Waals surface area contributed by atoms with Crippen LogP contribution < -0.4 is 10.6 Å². The first-order chi connectivity index (χ1) is 9.12. The molecule has 1 heterocycles. The molecule has 5 heteroatoms. The van der Waals surface area contributed by atoms with E-state index in [1.807, 2.05) is 12.1 Å². The first-order valence-corrected chi connectivity index (χ1v) is 7.81. The van der Waals surface area contributed by atoms with Crippen LogP contribution in [-0.4, -0.2) is 16.1 Å². The molecule has 2 N–H and O–H groups in total. The van der Waals surface area contributed by atoms with Crippen LogP contribution in [0.4, 0.5) is 5.69 Å². The number of aryl methyl sites for hydroxylation is 1. The summed E-state index contributed by atoms with van der Waals surface area (Å²) in [5.74, 6) is 0. The molecule has 0 amide bonds. The lowest BCUT2D eigenvalue weighted by Gasteiger charge is -2.15. The molecule has 0 unspecified atom stereocenters. The Morgan fingerprint density at radius 2 is 2.21 bits per heavy atom. The largest absolute Gasteiger partial charge is 0.360 e. The third kappa shape index (κ3) is 3.64. The lowest BCUT2D eigenvalue weighted by atomic mass is 10.3. The second-order valence-corrected chi connectivity index (χ2v) is 6.07. The second-order valence-electron chi connectivity index (χ2n) is 4.55. The van der Waals surface area contributed by atoms with Crippen molar-refractivity contribution in [1.82, 2.24) is 10.3 Å². The lowest BCUT2D eigenvalue weighted by Crippen LogP contribution is -2.35. The van der Waals surface area contributed by atoms with E-state index in [0.717, 1.165) is 24.0 Å². The first-order valence-electron chi connectivity index (χ1n) is 6.59. The van der Waals surface area contributed by atoms with Crippen molar-refractivity contribution in [2.75, 3.05) is 5.32 Å². The summed E-state index contributed by atoms with van der Waals surface area (Å²) in [6.45, 7) is 6.38. The molecular formula is C14H19N3S2. The first kappa shape index (κ1) is 14.2. The normalized spacial score (nSPS) is 12.4. The van der Waals surface area contributed by atoms with E-state index in [-0.39, 0.29) is 0 Å². The molecule has 0 spiro atoms. The van der Waals surface area contributed by atoms with Gasteiger partial charge in [0.15, 0.2) is 5.11 Å². The number of rotatable bonds is 4.